The van der Waals surface area contributed by atoms with E-state index >= 15 is 0 Å². The minimum absolute atomic E-state index is 0.00687. The maximum absolute atomic E-state index is 13.0. The maximum Gasteiger partial charge on any atom is 0.262 e. The zero-order valence-corrected chi connectivity index (χ0v) is 15.8. The third-order valence-corrected chi connectivity index (χ3v) is 5.39. The molecule has 1 fully saturated rings. The fourth-order valence-electron chi connectivity index (χ4n) is 3.52. The number of nitrogens with one attached hydrogen (secondary N) is 1. The first-order valence-electron chi connectivity index (χ1n) is 9.23. The van der Waals surface area contributed by atoms with E-state index in [-0.39, 0.29) is 5.56 Å². The van der Waals surface area contributed by atoms with Gasteiger partial charge in [0.1, 0.15) is 13.1 Å². The molecule has 7 nitrogen and oxygen atoms in total. The van der Waals surface area contributed by atoms with Crippen LogP contribution in [-0.2, 0) is 18.0 Å². The number of morpholine rings is 1. The average Bonchev–Trinajstić information content (AvgIpc) is 2.99. The third kappa shape index (κ3) is 2.98. The Morgan fingerprint density at radius 3 is 2.81 bits per heavy atom. The van der Waals surface area contributed by atoms with Crippen LogP contribution in [0.3, 0.4) is 0 Å². The van der Waals surface area contributed by atoms with Crippen molar-refractivity contribution >= 4 is 28.9 Å². The molecule has 0 radical (unpaired) electrons. The van der Waals surface area contributed by atoms with Gasteiger partial charge in [0.2, 0.25) is 10.5 Å². The average molecular weight is 374 g/mol. The van der Waals surface area contributed by atoms with Gasteiger partial charge in [-0.3, -0.25) is 13.8 Å². The first-order valence-corrected chi connectivity index (χ1v) is 9.64. The molecular weight excluding hydrogens is 350 g/mol. The highest BCUT2D eigenvalue weighted by Crippen LogP contribution is 2.14. The van der Waals surface area contributed by atoms with Gasteiger partial charge in [0.05, 0.1) is 24.1 Å². The normalized spacial score (nSPS) is 15.9. The number of para-hydroxylation sites is 1. The van der Waals surface area contributed by atoms with Crippen molar-refractivity contribution in [2.24, 2.45) is 0 Å². The van der Waals surface area contributed by atoms with Crippen molar-refractivity contribution in [3.05, 3.63) is 39.4 Å². The summed E-state index contributed by atoms with van der Waals surface area (Å²) in [5.41, 5.74) is 0.834. The molecule has 0 unspecified atom stereocenters. The molecule has 0 saturated carbocycles. The number of fused-ring (bicyclic) bond motifs is 3. The number of hydrogen-bond acceptors (Lipinski definition) is 4. The molecular formula is C18H24N5O2S+. The Hall–Kier alpha value is -2.03. The van der Waals surface area contributed by atoms with Crippen LogP contribution in [-0.4, -0.2) is 45.1 Å². The molecule has 0 amide bonds. The molecule has 0 aliphatic carbocycles. The Morgan fingerprint density at radius 1 is 1.27 bits per heavy atom. The van der Waals surface area contributed by atoms with E-state index in [1.165, 1.54) is 4.90 Å². The molecule has 2 aromatic heterocycles. The Labute approximate surface area is 156 Å². The highest BCUT2D eigenvalue weighted by Gasteiger charge is 2.19. The van der Waals surface area contributed by atoms with E-state index in [1.54, 1.807) is 4.57 Å². The molecule has 1 aliphatic heterocycles. The van der Waals surface area contributed by atoms with Crippen molar-refractivity contribution < 1.29 is 9.64 Å². The van der Waals surface area contributed by atoms with E-state index in [0.29, 0.717) is 29.1 Å². The van der Waals surface area contributed by atoms with Gasteiger partial charge in [-0.05, 0) is 30.8 Å². The van der Waals surface area contributed by atoms with Crippen molar-refractivity contribution in [3.8, 4) is 0 Å². The highest BCUT2D eigenvalue weighted by atomic mass is 32.1. The second-order valence-corrected chi connectivity index (χ2v) is 7.13. The largest absolute Gasteiger partial charge is 0.370 e. The number of aromatic nitrogens is 4. The van der Waals surface area contributed by atoms with Gasteiger partial charge < -0.3 is 9.64 Å². The van der Waals surface area contributed by atoms with Crippen LogP contribution in [0.5, 0.6) is 0 Å². The maximum atomic E-state index is 13.0. The van der Waals surface area contributed by atoms with Gasteiger partial charge in [-0.1, -0.05) is 25.5 Å². The Kier molecular flexibility index (Phi) is 4.88. The van der Waals surface area contributed by atoms with E-state index in [1.807, 2.05) is 33.3 Å². The summed E-state index contributed by atoms with van der Waals surface area (Å²) in [4.78, 5) is 14.4. The fraction of sp³-hybridized carbons (Fsp3) is 0.500. The molecule has 0 spiro atoms. The van der Waals surface area contributed by atoms with Crippen LogP contribution in [0.1, 0.15) is 19.8 Å². The molecule has 138 valence electrons. The van der Waals surface area contributed by atoms with Crippen molar-refractivity contribution in [1.82, 2.24) is 18.7 Å². The van der Waals surface area contributed by atoms with Crippen LogP contribution in [0, 0.1) is 4.77 Å². The summed E-state index contributed by atoms with van der Waals surface area (Å²) >= 11 is 5.74. The Morgan fingerprint density at radius 2 is 2.04 bits per heavy atom. The molecule has 1 N–H and O–H groups in total. The van der Waals surface area contributed by atoms with Crippen LogP contribution in [0.2, 0.25) is 0 Å². The van der Waals surface area contributed by atoms with Crippen LogP contribution in [0.4, 0.5) is 0 Å². The topological polar surface area (TPSA) is 57.9 Å². The number of ether oxygens (including phenoxy) is 1. The van der Waals surface area contributed by atoms with Crippen LogP contribution >= 0.6 is 12.2 Å². The lowest BCUT2D eigenvalue weighted by atomic mass is 10.2. The van der Waals surface area contributed by atoms with Gasteiger partial charge in [0, 0.05) is 6.54 Å². The van der Waals surface area contributed by atoms with Crippen LogP contribution in [0.25, 0.3) is 16.7 Å². The monoisotopic (exact) mass is 374 g/mol. The van der Waals surface area contributed by atoms with E-state index in [9.17, 15) is 4.79 Å². The predicted octanol–water partition coefficient (Wildman–Crippen LogP) is 0.853. The van der Waals surface area contributed by atoms with Gasteiger partial charge in [-0.25, -0.2) is 0 Å². The van der Waals surface area contributed by atoms with Crippen LogP contribution in [0.15, 0.2) is 29.1 Å². The second-order valence-electron chi connectivity index (χ2n) is 6.77. The summed E-state index contributed by atoms with van der Waals surface area (Å²) < 4.78 is 11.7. The lowest BCUT2D eigenvalue weighted by Crippen LogP contribution is -3.13. The Balaban J connectivity index is 1.91. The van der Waals surface area contributed by atoms with Crippen molar-refractivity contribution in [2.45, 2.75) is 33.0 Å². The number of hydrogen-bond donors (Lipinski definition) is 1. The SMILES string of the molecule is CCCCn1c(=O)c2ccccc2n2c(=S)n(C[NH+]3CCOCC3)nc12. The minimum Gasteiger partial charge on any atom is -0.370 e. The molecule has 0 bridgehead atoms. The standard InChI is InChI=1S/C18H23N5O2S/c1-2-3-8-21-16(24)14-6-4-5-7-15(14)23-17(21)19-22(18(23)26)13-20-9-11-25-12-10-20/h4-7H,2-3,8-13H2,1H3/p+1. The minimum atomic E-state index is 0.00687. The van der Waals surface area contributed by atoms with E-state index in [0.717, 1.165) is 44.7 Å². The zero-order chi connectivity index (χ0) is 18.1. The van der Waals surface area contributed by atoms with Crippen LogP contribution < -0.4 is 10.5 Å². The third-order valence-electron chi connectivity index (χ3n) is 4.99. The summed E-state index contributed by atoms with van der Waals surface area (Å²) in [6, 6.07) is 7.64. The van der Waals surface area contributed by atoms with Gasteiger partial charge in [0.25, 0.3) is 5.56 Å². The molecule has 4 rings (SSSR count). The summed E-state index contributed by atoms with van der Waals surface area (Å²) in [7, 11) is 0. The Bertz CT molecular complexity index is 1050. The number of nitrogens with zero attached hydrogens (tertiary/aromatic N) is 4. The predicted molar refractivity (Wildman–Crippen MR) is 102 cm³/mol. The number of unbranched alkanes of at least 4 members (excludes halogenated alkanes) is 1. The smallest absolute Gasteiger partial charge is 0.262 e. The lowest BCUT2D eigenvalue weighted by Gasteiger charge is -2.23. The summed E-state index contributed by atoms with van der Waals surface area (Å²) in [5.74, 6) is 0.639. The van der Waals surface area contributed by atoms with Gasteiger partial charge >= 0.3 is 0 Å². The van der Waals surface area contributed by atoms with E-state index in [4.69, 9.17) is 22.1 Å². The first kappa shape index (κ1) is 17.4. The van der Waals surface area contributed by atoms with Crippen molar-refractivity contribution in [3.63, 3.8) is 0 Å². The fourth-order valence-corrected chi connectivity index (χ4v) is 3.80. The van der Waals surface area contributed by atoms with Crippen molar-refractivity contribution in [1.29, 1.82) is 0 Å². The lowest BCUT2D eigenvalue weighted by molar-refractivity contribution is -0.930. The van der Waals surface area contributed by atoms with Gasteiger partial charge in [0.15, 0.2) is 6.67 Å². The highest BCUT2D eigenvalue weighted by molar-refractivity contribution is 7.71. The summed E-state index contributed by atoms with van der Waals surface area (Å²) in [6.07, 6.45) is 1.95. The first-order chi connectivity index (χ1) is 12.7. The number of benzene rings is 1. The molecule has 1 aliphatic rings. The molecule has 1 saturated heterocycles. The molecule has 3 aromatic rings. The van der Waals surface area contributed by atoms with Gasteiger partial charge in [-0.2, -0.15) is 4.68 Å². The molecule has 3 heterocycles. The van der Waals surface area contributed by atoms with Gasteiger partial charge in [-0.15, -0.1) is 5.10 Å². The summed E-state index contributed by atoms with van der Waals surface area (Å²) in [5, 5.41) is 5.43. The molecule has 1 aromatic carbocycles. The zero-order valence-electron chi connectivity index (χ0n) is 15.0. The number of rotatable bonds is 5. The molecule has 0 atom stereocenters. The number of quaternary nitrogens is 1. The molecule has 26 heavy (non-hydrogen) atoms. The van der Waals surface area contributed by atoms with E-state index < -0.39 is 0 Å². The second kappa shape index (κ2) is 7.30. The quantitative estimate of drug-likeness (QED) is 0.673. The van der Waals surface area contributed by atoms with Crippen molar-refractivity contribution in [2.75, 3.05) is 26.3 Å². The molecule has 8 heteroatoms. The summed E-state index contributed by atoms with van der Waals surface area (Å²) in [6.45, 7) is 6.88. The van der Waals surface area contributed by atoms with E-state index in [2.05, 4.69) is 6.92 Å². The number of aryl methyl sites for hydroxylation is 1.